The van der Waals surface area contributed by atoms with E-state index in [9.17, 15) is 14.4 Å². The average molecular weight is 546 g/mol. The van der Waals surface area contributed by atoms with Crippen molar-refractivity contribution in [2.75, 3.05) is 6.54 Å². The number of ether oxygens (including phenoxy) is 2. The minimum atomic E-state index is -1.26. The quantitative estimate of drug-likeness (QED) is 0.194. The van der Waals surface area contributed by atoms with Crippen molar-refractivity contribution in [3.8, 4) is 0 Å². The number of esters is 1. The van der Waals surface area contributed by atoms with Crippen LogP contribution in [0.5, 0.6) is 0 Å². The lowest BCUT2D eigenvalue weighted by Gasteiger charge is -2.43. The van der Waals surface area contributed by atoms with Crippen LogP contribution in [0.2, 0.25) is 0 Å². The van der Waals surface area contributed by atoms with E-state index in [0.29, 0.717) is 30.2 Å². The highest BCUT2D eigenvalue weighted by atomic mass is 16.6. The zero-order chi connectivity index (χ0) is 28.0. The monoisotopic (exact) mass is 545 g/mol. The molecule has 0 bridgehead atoms. The second-order valence-electron chi connectivity index (χ2n) is 12.4. The lowest BCUT2D eigenvalue weighted by Crippen LogP contribution is -2.49. The first-order valence-electron chi connectivity index (χ1n) is 15.1. The van der Waals surface area contributed by atoms with Crippen LogP contribution in [0.25, 0.3) is 0 Å². The molecule has 5 atom stereocenters. The third kappa shape index (κ3) is 7.94. The number of aliphatic carboxylic acids is 2. The highest BCUT2D eigenvalue weighted by Crippen LogP contribution is 2.50. The second-order valence-corrected chi connectivity index (χ2v) is 12.4. The molecule has 0 spiro atoms. The Hall–Kier alpha value is -2.19. The average Bonchev–Trinajstić information content (AvgIpc) is 3.49. The van der Waals surface area contributed by atoms with Crippen LogP contribution >= 0.6 is 0 Å². The van der Waals surface area contributed by atoms with Gasteiger partial charge >= 0.3 is 17.9 Å². The van der Waals surface area contributed by atoms with Crippen molar-refractivity contribution in [2.24, 2.45) is 11.8 Å². The van der Waals surface area contributed by atoms with Gasteiger partial charge in [0.05, 0.1) is 11.5 Å². The van der Waals surface area contributed by atoms with E-state index in [2.05, 4.69) is 24.8 Å². The van der Waals surface area contributed by atoms with Crippen LogP contribution in [0, 0.1) is 11.8 Å². The van der Waals surface area contributed by atoms with Gasteiger partial charge in [0.15, 0.2) is 0 Å². The molecule has 2 saturated carbocycles. The van der Waals surface area contributed by atoms with E-state index < -0.39 is 11.9 Å². The first-order chi connectivity index (χ1) is 18.7. The molecule has 0 aromatic rings. The zero-order valence-electron chi connectivity index (χ0n) is 23.7. The Bertz CT molecular complexity index is 899. The number of rotatable bonds is 6. The van der Waals surface area contributed by atoms with Crippen molar-refractivity contribution in [3.05, 3.63) is 23.8 Å². The fraction of sp³-hybridized carbons (Fsp3) is 0.774. The minimum Gasteiger partial charge on any atom is -0.478 e. The van der Waals surface area contributed by atoms with Gasteiger partial charge in [-0.2, -0.15) is 0 Å². The SMILES string of the molecule is C/C1=C\CC[C@@]2(C)O[C@H]2[C@H]2OC(=O)[C@@H](CN(C3CCCCC3)C3CCCCC3)[C@@H]2CC1.O=C(O)/C=C/C(=O)O. The molecule has 8 heteroatoms. The van der Waals surface area contributed by atoms with Crippen molar-refractivity contribution in [2.45, 2.75) is 134 Å². The topological polar surface area (TPSA) is 117 Å². The van der Waals surface area contributed by atoms with Gasteiger partial charge in [-0.3, -0.25) is 9.69 Å². The molecule has 2 heterocycles. The first-order valence-corrected chi connectivity index (χ1v) is 15.1. The third-order valence-electron chi connectivity index (χ3n) is 9.60. The van der Waals surface area contributed by atoms with Crippen LogP contribution in [0.4, 0.5) is 0 Å². The normalized spacial score (nSPS) is 35.2. The Morgan fingerprint density at radius 1 is 0.974 bits per heavy atom. The van der Waals surface area contributed by atoms with Crippen molar-refractivity contribution < 1.29 is 34.1 Å². The minimum absolute atomic E-state index is 0.0227. The summed E-state index contributed by atoms with van der Waals surface area (Å²) in [6.45, 7) is 5.39. The summed E-state index contributed by atoms with van der Waals surface area (Å²) in [7, 11) is 0. The number of carbonyl (C=O) groups excluding carboxylic acids is 1. The summed E-state index contributed by atoms with van der Waals surface area (Å²) in [4.78, 5) is 35.2. The summed E-state index contributed by atoms with van der Waals surface area (Å²) in [5, 5.41) is 15.6. The molecule has 2 saturated heterocycles. The molecule has 0 aromatic heterocycles. The van der Waals surface area contributed by atoms with Crippen LogP contribution in [-0.4, -0.2) is 69.5 Å². The van der Waals surface area contributed by atoms with E-state index in [1.54, 1.807) is 0 Å². The fourth-order valence-electron chi connectivity index (χ4n) is 7.34. The number of carbonyl (C=O) groups is 3. The predicted octanol–water partition coefficient (Wildman–Crippen LogP) is 5.50. The molecule has 2 N–H and O–H groups in total. The number of carboxylic acids is 2. The van der Waals surface area contributed by atoms with Crippen molar-refractivity contribution in [1.29, 1.82) is 0 Å². The predicted molar refractivity (Wildman–Crippen MR) is 147 cm³/mol. The summed E-state index contributed by atoms with van der Waals surface area (Å²) in [6.07, 6.45) is 21.3. The number of allylic oxidation sites excluding steroid dienone is 2. The lowest BCUT2D eigenvalue weighted by atomic mass is 9.79. The molecule has 0 aromatic carbocycles. The Labute approximate surface area is 232 Å². The summed E-state index contributed by atoms with van der Waals surface area (Å²) in [5.74, 6) is -2.13. The number of epoxide rings is 1. The van der Waals surface area contributed by atoms with Gasteiger partial charge < -0.3 is 19.7 Å². The molecule has 39 heavy (non-hydrogen) atoms. The van der Waals surface area contributed by atoms with Crippen LogP contribution in [0.15, 0.2) is 23.8 Å². The van der Waals surface area contributed by atoms with Gasteiger partial charge in [0.25, 0.3) is 0 Å². The maximum Gasteiger partial charge on any atom is 0.328 e. The second kappa shape index (κ2) is 13.4. The number of fused-ring (bicyclic) bond motifs is 3. The van der Waals surface area contributed by atoms with Gasteiger partial charge in [0, 0.05) is 36.7 Å². The van der Waals surface area contributed by atoms with Crippen LogP contribution in [0.3, 0.4) is 0 Å². The Kier molecular flexibility index (Phi) is 10.3. The number of nitrogens with zero attached hydrogens (tertiary/aromatic N) is 1. The van der Waals surface area contributed by atoms with Crippen LogP contribution < -0.4 is 0 Å². The molecule has 0 unspecified atom stereocenters. The van der Waals surface area contributed by atoms with Gasteiger partial charge in [-0.05, 0) is 65.2 Å². The summed E-state index contributed by atoms with van der Waals surface area (Å²) in [5.41, 5.74) is 1.37. The third-order valence-corrected chi connectivity index (χ3v) is 9.60. The Morgan fingerprint density at radius 3 is 2.08 bits per heavy atom. The van der Waals surface area contributed by atoms with Crippen LogP contribution in [0.1, 0.15) is 104 Å². The van der Waals surface area contributed by atoms with Crippen molar-refractivity contribution >= 4 is 17.9 Å². The molecule has 0 amide bonds. The van der Waals surface area contributed by atoms with Crippen molar-refractivity contribution in [1.82, 2.24) is 4.90 Å². The van der Waals surface area contributed by atoms with E-state index in [-0.39, 0.29) is 29.7 Å². The molecule has 218 valence electrons. The van der Waals surface area contributed by atoms with Gasteiger partial charge in [-0.1, -0.05) is 50.2 Å². The maximum atomic E-state index is 13.3. The van der Waals surface area contributed by atoms with E-state index in [0.717, 1.165) is 32.2 Å². The molecular weight excluding hydrogens is 498 g/mol. The van der Waals surface area contributed by atoms with E-state index in [4.69, 9.17) is 19.7 Å². The largest absolute Gasteiger partial charge is 0.478 e. The number of carboxylic acid groups (broad SMARTS) is 2. The summed E-state index contributed by atoms with van der Waals surface area (Å²) in [6, 6.07) is 1.35. The number of hydrogen-bond acceptors (Lipinski definition) is 6. The van der Waals surface area contributed by atoms with E-state index in [1.807, 2.05) is 0 Å². The highest BCUT2D eigenvalue weighted by molar-refractivity contribution is 5.89. The summed E-state index contributed by atoms with van der Waals surface area (Å²) >= 11 is 0. The molecule has 2 aliphatic heterocycles. The smallest absolute Gasteiger partial charge is 0.328 e. The van der Waals surface area contributed by atoms with Gasteiger partial charge in [-0.25, -0.2) is 9.59 Å². The molecule has 5 aliphatic rings. The molecule has 3 aliphatic carbocycles. The maximum absolute atomic E-state index is 13.3. The van der Waals surface area contributed by atoms with Gasteiger partial charge in [0.1, 0.15) is 12.2 Å². The standard InChI is InChI=1S/C27H43NO3.C4H4O4/c1-19-10-9-17-27(2)25(31-27)24-22(16-15-19)23(26(29)30-24)18-28(20-11-5-3-6-12-20)21-13-7-4-8-14-21;5-3(6)1-2-4(7)8/h10,20-25H,3-9,11-18H2,1-2H3;1-2H,(H,5,6)(H,7,8)/b19-10+;2-1+/t22-,23-,24-,25-,27+;/m0./s1. The van der Waals surface area contributed by atoms with Crippen LogP contribution in [-0.2, 0) is 23.9 Å². The Morgan fingerprint density at radius 2 is 1.54 bits per heavy atom. The summed E-state index contributed by atoms with van der Waals surface area (Å²) < 4.78 is 12.3. The van der Waals surface area contributed by atoms with Gasteiger partial charge in [0.2, 0.25) is 0 Å². The van der Waals surface area contributed by atoms with Gasteiger partial charge in [-0.15, -0.1) is 0 Å². The highest BCUT2D eigenvalue weighted by Gasteiger charge is 2.62. The zero-order valence-corrected chi connectivity index (χ0v) is 23.7. The molecule has 0 radical (unpaired) electrons. The molecule has 5 rings (SSSR count). The molecular formula is C31H47NO7. The molecule has 8 nitrogen and oxygen atoms in total. The lowest BCUT2D eigenvalue weighted by molar-refractivity contribution is -0.145. The fourth-order valence-corrected chi connectivity index (χ4v) is 7.34. The molecule has 4 fully saturated rings. The first kappa shape index (κ1) is 29.8. The van der Waals surface area contributed by atoms with E-state index in [1.165, 1.54) is 69.8 Å². The number of hydrogen-bond donors (Lipinski definition) is 2. The van der Waals surface area contributed by atoms with E-state index >= 15 is 0 Å². The van der Waals surface area contributed by atoms with Crippen molar-refractivity contribution in [3.63, 3.8) is 0 Å². The Balaban J connectivity index is 0.000000386.